The van der Waals surface area contributed by atoms with Crippen molar-refractivity contribution in [3.63, 3.8) is 0 Å². The largest absolute Gasteiger partial charge is 0.509 e. The molecule has 0 saturated heterocycles. The van der Waals surface area contributed by atoms with E-state index in [0.717, 1.165) is 12.0 Å². The van der Waals surface area contributed by atoms with Crippen molar-refractivity contribution in [2.24, 2.45) is 0 Å². The molecule has 3 rings (SSSR count). The predicted octanol–water partition coefficient (Wildman–Crippen LogP) is 5.13. The van der Waals surface area contributed by atoms with Crippen LogP contribution in [0.15, 0.2) is 30.3 Å². The van der Waals surface area contributed by atoms with Gasteiger partial charge < -0.3 is 29.2 Å². The minimum atomic E-state index is -1.37. The molecule has 0 fully saturated rings. The Balaban J connectivity index is 1.52. The van der Waals surface area contributed by atoms with Gasteiger partial charge in [-0.25, -0.2) is 4.79 Å². The second kappa shape index (κ2) is 10.5. The number of fused-ring (bicyclic) bond motifs is 1. The number of aromatic hydroxyl groups is 1. The van der Waals surface area contributed by atoms with E-state index in [9.17, 15) is 14.7 Å². The molecule has 0 aromatic heterocycles. The first kappa shape index (κ1) is 24.2. The third kappa shape index (κ3) is 6.09. The minimum absolute atomic E-state index is 0.000712. The zero-order valence-corrected chi connectivity index (χ0v) is 19.2. The average Bonchev–Trinajstić information content (AvgIpc) is 2.74. The summed E-state index contributed by atoms with van der Waals surface area (Å²) in [6, 6.07) is 8.72. The molecular weight excluding hydrogens is 428 g/mol. The molecule has 2 aromatic carbocycles. The fourth-order valence-corrected chi connectivity index (χ4v) is 3.80. The lowest BCUT2D eigenvalue weighted by Crippen LogP contribution is -2.40. The van der Waals surface area contributed by atoms with Gasteiger partial charge in [0.05, 0.1) is 18.8 Å². The van der Waals surface area contributed by atoms with Gasteiger partial charge in [-0.2, -0.15) is 0 Å². The molecule has 1 atom stereocenters. The van der Waals surface area contributed by atoms with E-state index in [1.807, 2.05) is 13.0 Å². The number of aryl methyl sites for hydroxylation is 1. The van der Waals surface area contributed by atoms with E-state index in [4.69, 9.17) is 24.1 Å². The van der Waals surface area contributed by atoms with Crippen LogP contribution in [0.1, 0.15) is 61.5 Å². The molecule has 2 N–H and O–H groups in total. The number of phenols is 1. The lowest BCUT2D eigenvalue weighted by Gasteiger charge is -2.33. The van der Waals surface area contributed by atoms with E-state index in [2.05, 4.69) is 0 Å². The maximum absolute atomic E-state index is 11.7. The van der Waals surface area contributed by atoms with Crippen LogP contribution in [0.4, 0.5) is 4.79 Å². The zero-order chi connectivity index (χ0) is 24.0. The number of Topliss-reactive ketones (excluding diaryl/α,β-unsaturated/α-hetero) is 1. The Kier molecular flexibility index (Phi) is 7.68. The van der Waals surface area contributed by atoms with Crippen LogP contribution in [0, 0.1) is 0 Å². The van der Waals surface area contributed by atoms with Crippen molar-refractivity contribution in [3.05, 3.63) is 47.0 Å². The van der Waals surface area contributed by atoms with Crippen LogP contribution in [0.5, 0.6) is 23.0 Å². The Bertz CT molecular complexity index is 1020. The topological polar surface area (TPSA) is 112 Å². The summed E-state index contributed by atoms with van der Waals surface area (Å²) in [5.41, 5.74) is 1.89. The summed E-state index contributed by atoms with van der Waals surface area (Å²) in [5, 5.41) is 19.3. The number of carbonyl (C=O) groups excluding carboxylic acids is 1. The van der Waals surface area contributed by atoms with Crippen LogP contribution in [0.3, 0.4) is 0 Å². The van der Waals surface area contributed by atoms with Crippen LogP contribution >= 0.6 is 0 Å². The number of ether oxygens (including phenoxy) is 4. The fourth-order valence-electron chi connectivity index (χ4n) is 3.80. The summed E-state index contributed by atoms with van der Waals surface area (Å²) in [7, 11) is 0. The first-order valence-electron chi connectivity index (χ1n) is 11.1. The van der Waals surface area contributed by atoms with Crippen molar-refractivity contribution in [2.75, 3.05) is 13.2 Å². The van der Waals surface area contributed by atoms with Gasteiger partial charge in [-0.1, -0.05) is 13.3 Å². The maximum Gasteiger partial charge on any atom is 0.509 e. The number of hydrogen-bond acceptors (Lipinski definition) is 7. The van der Waals surface area contributed by atoms with Gasteiger partial charge in [-0.05, 0) is 55.7 Å². The SMILES string of the molecule is CCCc1c(OCCCOc2ccc3c(c2)CCC(C)(OC(=O)O)O3)ccc(C(C)=O)c1O. The third-order valence-electron chi connectivity index (χ3n) is 5.44. The van der Waals surface area contributed by atoms with Gasteiger partial charge in [0.25, 0.3) is 5.79 Å². The van der Waals surface area contributed by atoms with Crippen molar-refractivity contribution in [2.45, 2.75) is 58.7 Å². The summed E-state index contributed by atoms with van der Waals surface area (Å²) in [4.78, 5) is 22.5. The highest BCUT2D eigenvalue weighted by molar-refractivity contribution is 5.97. The van der Waals surface area contributed by atoms with E-state index >= 15 is 0 Å². The Morgan fingerprint density at radius 3 is 2.61 bits per heavy atom. The molecule has 0 bridgehead atoms. The molecule has 0 amide bonds. The van der Waals surface area contributed by atoms with E-state index in [1.165, 1.54) is 6.92 Å². The second-order valence-electron chi connectivity index (χ2n) is 8.17. The van der Waals surface area contributed by atoms with Crippen molar-refractivity contribution in [1.29, 1.82) is 0 Å². The van der Waals surface area contributed by atoms with Gasteiger partial charge in [0.2, 0.25) is 0 Å². The molecule has 0 radical (unpaired) electrons. The second-order valence-corrected chi connectivity index (χ2v) is 8.17. The van der Waals surface area contributed by atoms with Gasteiger partial charge in [-0.3, -0.25) is 4.79 Å². The van der Waals surface area contributed by atoms with E-state index in [1.54, 1.807) is 31.2 Å². The van der Waals surface area contributed by atoms with Crippen molar-refractivity contribution >= 4 is 11.9 Å². The summed E-state index contributed by atoms with van der Waals surface area (Å²) >= 11 is 0. The highest BCUT2D eigenvalue weighted by Gasteiger charge is 2.35. The highest BCUT2D eigenvalue weighted by atomic mass is 16.8. The van der Waals surface area contributed by atoms with Crippen LogP contribution in [-0.2, 0) is 17.6 Å². The summed E-state index contributed by atoms with van der Waals surface area (Å²) in [6.45, 7) is 5.86. The predicted molar refractivity (Wildman–Crippen MR) is 121 cm³/mol. The molecule has 8 heteroatoms. The zero-order valence-electron chi connectivity index (χ0n) is 19.2. The molecule has 0 saturated carbocycles. The third-order valence-corrected chi connectivity index (χ3v) is 5.44. The Morgan fingerprint density at radius 1 is 1.15 bits per heavy atom. The molecule has 1 unspecified atom stereocenters. The molecule has 0 aliphatic carbocycles. The van der Waals surface area contributed by atoms with Crippen LogP contribution in [-0.4, -0.2) is 41.2 Å². The number of ketones is 1. The summed E-state index contributed by atoms with van der Waals surface area (Å²) in [5.74, 6) is 0.482. The number of carbonyl (C=O) groups is 2. The molecular formula is C25H30O8. The molecule has 178 valence electrons. The van der Waals surface area contributed by atoms with E-state index in [-0.39, 0.29) is 11.5 Å². The van der Waals surface area contributed by atoms with Gasteiger partial charge in [-0.15, -0.1) is 0 Å². The highest BCUT2D eigenvalue weighted by Crippen LogP contribution is 2.36. The lowest BCUT2D eigenvalue weighted by atomic mass is 10.0. The number of hydrogen-bond donors (Lipinski definition) is 2. The van der Waals surface area contributed by atoms with Crippen molar-refractivity contribution in [3.8, 4) is 23.0 Å². The summed E-state index contributed by atoms with van der Waals surface area (Å²) < 4.78 is 22.3. The fraction of sp³-hybridized carbons (Fsp3) is 0.440. The van der Waals surface area contributed by atoms with Gasteiger partial charge in [0.1, 0.15) is 23.0 Å². The van der Waals surface area contributed by atoms with Crippen molar-refractivity contribution < 1.29 is 38.7 Å². The standard InChI is InChI=1S/C25H30O8/c1-4-6-20-22(10-8-19(16(2)26)23(20)27)31-14-5-13-30-18-7-9-21-17(15-18)11-12-25(3,32-21)33-24(28)29/h7-10,15,27H,4-6,11-14H2,1-3H3,(H,28,29). The number of benzene rings is 2. The molecule has 1 heterocycles. The maximum atomic E-state index is 11.7. The smallest absolute Gasteiger partial charge is 0.507 e. The van der Waals surface area contributed by atoms with Crippen LogP contribution in [0.25, 0.3) is 0 Å². The molecule has 1 aliphatic rings. The monoisotopic (exact) mass is 458 g/mol. The normalized spacial score (nSPS) is 16.9. The molecule has 0 spiro atoms. The molecule has 2 aromatic rings. The lowest BCUT2D eigenvalue weighted by molar-refractivity contribution is -0.149. The van der Waals surface area contributed by atoms with Gasteiger partial charge in [0, 0.05) is 25.3 Å². The average molecular weight is 459 g/mol. The van der Waals surface area contributed by atoms with E-state index < -0.39 is 11.9 Å². The summed E-state index contributed by atoms with van der Waals surface area (Å²) in [6.07, 6.45) is 1.72. The molecule has 8 nitrogen and oxygen atoms in total. The first-order valence-corrected chi connectivity index (χ1v) is 11.1. The van der Waals surface area contributed by atoms with Crippen molar-refractivity contribution in [1.82, 2.24) is 0 Å². The first-order chi connectivity index (χ1) is 15.7. The Hall–Kier alpha value is -3.42. The Morgan fingerprint density at radius 2 is 1.91 bits per heavy atom. The number of phenolic OH excluding ortho intramolecular Hbond substituents is 1. The van der Waals surface area contributed by atoms with E-state index in [0.29, 0.717) is 67.3 Å². The Labute approximate surface area is 193 Å². The quantitative estimate of drug-likeness (QED) is 0.286. The molecule has 1 aliphatic heterocycles. The van der Waals surface area contributed by atoms with Gasteiger partial charge in [0.15, 0.2) is 5.78 Å². The minimum Gasteiger partial charge on any atom is -0.507 e. The van der Waals surface area contributed by atoms with Gasteiger partial charge >= 0.3 is 6.16 Å². The number of carboxylic acid groups (broad SMARTS) is 1. The molecule has 33 heavy (non-hydrogen) atoms. The number of rotatable bonds is 10. The van der Waals surface area contributed by atoms with Crippen LogP contribution in [0.2, 0.25) is 0 Å². The van der Waals surface area contributed by atoms with Crippen LogP contribution < -0.4 is 14.2 Å².